The van der Waals surface area contributed by atoms with E-state index in [2.05, 4.69) is 35.4 Å². The third kappa shape index (κ3) is 2.28. The first-order chi connectivity index (χ1) is 7.81. The Morgan fingerprint density at radius 2 is 1.75 bits per heavy atom. The second-order valence-electron chi connectivity index (χ2n) is 3.82. The van der Waals surface area contributed by atoms with Gasteiger partial charge in [0.25, 0.3) is 0 Å². The summed E-state index contributed by atoms with van der Waals surface area (Å²) >= 11 is 0. The highest BCUT2D eigenvalue weighted by Crippen LogP contribution is 2.18. The summed E-state index contributed by atoms with van der Waals surface area (Å²) in [6.07, 6.45) is 0. The van der Waals surface area contributed by atoms with Gasteiger partial charge in [-0.1, -0.05) is 36.4 Å². The molecule has 0 radical (unpaired) electrons. The molecule has 0 fully saturated rings. The van der Waals surface area contributed by atoms with Gasteiger partial charge in [0.2, 0.25) is 0 Å². The Hall–Kier alpha value is -1.67. The van der Waals surface area contributed by atoms with E-state index < -0.39 is 0 Å². The van der Waals surface area contributed by atoms with Gasteiger partial charge in [0.15, 0.2) is 0 Å². The van der Waals surface area contributed by atoms with Crippen molar-refractivity contribution in [1.82, 2.24) is 10.3 Å². The minimum absolute atomic E-state index is 0.281. The summed E-state index contributed by atoms with van der Waals surface area (Å²) in [4.78, 5) is 4.65. The first kappa shape index (κ1) is 10.8. The van der Waals surface area contributed by atoms with Gasteiger partial charge >= 0.3 is 0 Å². The molecule has 82 valence electrons. The maximum absolute atomic E-state index is 4.65. The van der Waals surface area contributed by atoms with E-state index in [4.69, 9.17) is 0 Å². The number of hydrogen-bond donors (Lipinski definition) is 1. The normalized spacial score (nSPS) is 12.4. The Bertz CT molecular complexity index is 451. The number of rotatable bonds is 3. The highest BCUT2D eigenvalue weighted by molar-refractivity contribution is 5.58. The van der Waals surface area contributed by atoms with Crippen molar-refractivity contribution in [3.8, 4) is 11.3 Å². The minimum atomic E-state index is 0.281. The average molecular weight is 212 g/mol. The maximum Gasteiger partial charge on any atom is 0.0706 e. The number of aromatic nitrogens is 1. The van der Waals surface area contributed by atoms with E-state index in [1.54, 1.807) is 0 Å². The smallest absolute Gasteiger partial charge is 0.0706 e. The molecule has 0 amide bonds. The van der Waals surface area contributed by atoms with Gasteiger partial charge in [0.1, 0.15) is 0 Å². The second kappa shape index (κ2) is 4.90. The number of nitrogens with one attached hydrogen (secondary N) is 1. The second-order valence-corrected chi connectivity index (χ2v) is 3.82. The predicted molar refractivity (Wildman–Crippen MR) is 67.1 cm³/mol. The zero-order chi connectivity index (χ0) is 11.4. The topological polar surface area (TPSA) is 24.9 Å². The van der Waals surface area contributed by atoms with Crippen LogP contribution in [0.3, 0.4) is 0 Å². The molecule has 2 nitrogen and oxygen atoms in total. The lowest BCUT2D eigenvalue weighted by Crippen LogP contribution is -2.13. The van der Waals surface area contributed by atoms with E-state index in [9.17, 15) is 0 Å². The van der Waals surface area contributed by atoms with Crippen molar-refractivity contribution in [2.75, 3.05) is 7.05 Å². The van der Waals surface area contributed by atoms with E-state index >= 15 is 0 Å². The van der Waals surface area contributed by atoms with Crippen molar-refractivity contribution in [2.45, 2.75) is 13.0 Å². The molecule has 0 aliphatic rings. The molecule has 0 saturated heterocycles. The lowest BCUT2D eigenvalue weighted by molar-refractivity contribution is 0.634. The molecule has 16 heavy (non-hydrogen) atoms. The summed E-state index contributed by atoms with van der Waals surface area (Å²) in [6.45, 7) is 2.11. The van der Waals surface area contributed by atoms with Crippen LogP contribution in [-0.4, -0.2) is 12.0 Å². The van der Waals surface area contributed by atoms with Gasteiger partial charge in [0, 0.05) is 11.6 Å². The van der Waals surface area contributed by atoms with Crippen LogP contribution in [0.25, 0.3) is 11.3 Å². The van der Waals surface area contributed by atoms with E-state index in [-0.39, 0.29) is 6.04 Å². The molecule has 0 bridgehead atoms. The van der Waals surface area contributed by atoms with Crippen molar-refractivity contribution in [1.29, 1.82) is 0 Å². The van der Waals surface area contributed by atoms with Crippen LogP contribution in [0.2, 0.25) is 0 Å². The van der Waals surface area contributed by atoms with Crippen molar-refractivity contribution < 1.29 is 0 Å². The first-order valence-corrected chi connectivity index (χ1v) is 5.51. The molecule has 2 rings (SSSR count). The summed E-state index contributed by atoms with van der Waals surface area (Å²) < 4.78 is 0. The summed E-state index contributed by atoms with van der Waals surface area (Å²) in [5.74, 6) is 0. The molecule has 0 aliphatic heterocycles. The van der Waals surface area contributed by atoms with Crippen molar-refractivity contribution in [3.05, 3.63) is 54.2 Å². The molecule has 1 unspecified atom stereocenters. The van der Waals surface area contributed by atoms with Gasteiger partial charge in [-0.2, -0.15) is 0 Å². The third-order valence-electron chi connectivity index (χ3n) is 2.72. The van der Waals surface area contributed by atoms with Gasteiger partial charge in [-0.15, -0.1) is 0 Å². The van der Waals surface area contributed by atoms with Crippen molar-refractivity contribution in [3.63, 3.8) is 0 Å². The van der Waals surface area contributed by atoms with Gasteiger partial charge in [0.05, 0.1) is 11.4 Å². The van der Waals surface area contributed by atoms with Crippen LogP contribution >= 0.6 is 0 Å². The summed E-state index contributed by atoms with van der Waals surface area (Å²) in [7, 11) is 1.95. The Kier molecular flexibility index (Phi) is 3.32. The molecular weight excluding hydrogens is 196 g/mol. The van der Waals surface area contributed by atoms with Crippen LogP contribution in [-0.2, 0) is 0 Å². The van der Waals surface area contributed by atoms with E-state index in [1.807, 2.05) is 37.4 Å². The molecule has 1 aromatic carbocycles. The van der Waals surface area contributed by atoms with Crippen LogP contribution in [0.4, 0.5) is 0 Å². The summed E-state index contributed by atoms with van der Waals surface area (Å²) in [5, 5.41) is 3.20. The standard InChI is InChI=1S/C14H16N2/c1-11(15-2)13-9-6-10-14(16-13)12-7-4-3-5-8-12/h3-11,15H,1-2H3. The van der Waals surface area contributed by atoms with Crippen LogP contribution in [0.1, 0.15) is 18.7 Å². The fourth-order valence-corrected chi connectivity index (χ4v) is 1.61. The summed E-state index contributed by atoms with van der Waals surface area (Å²) in [5.41, 5.74) is 3.26. The van der Waals surface area contributed by atoms with Crippen molar-refractivity contribution in [2.24, 2.45) is 0 Å². The van der Waals surface area contributed by atoms with Crippen LogP contribution in [0.15, 0.2) is 48.5 Å². The lowest BCUT2D eigenvalue weighted by Gasteiger charge is -2.10. The van der Waals surface area contributed by atoms with Gasteiger partial charge in [-0.3, -0.25) is 4.98 Å². The van der Waals surface area contributed by atoms with E-state index in [0.29, 0.717) is 0 Å². The first-order valence-electron chi connectivity index (χ1n) is 5.51. The number of pyridine rings is 1. The molecule has 1 N–H and O–H groups in total. The lowest BCUT2D eigenvalue weighted by atomic mass is 10.1. The fraction of sp³-hybridized carbons (Fsp3) is 0.214. The molecule has 2 heteroatoms. The van der Waals surface area contributed by atoms with Crippen LogP contribution in [0, 0.1) is 0 Å². The SMILES string of the molecule is CNC(C)c1cccc(-c2ccccc2)n1. The van der Waals surface area contributed by atoms with Crippen molar-refractivity contribution >= 4 is 0 Å². The number of hydrogen-bond acceptors (Lipinski definition) is 2. The van der Waals surface area contributed by atoms with Crippen LogP contribution < -0.4 is 5.32 Å². The average Bonchev–Trinajstić information content (AvgIpc) is 2.39. The zero-order valence-electron chi connectivity index (χ0n) is 9.64. The van der Waals surface area contributed by atoms with E-state index in [0.717, 1.165) is 17.0 Å². The van der Waals surface area contributed by atoms with Gasteiger partial charge < -0.3 is 5.32 Å². The third-order valence-corrected chi connectivity index (χ3v) is 2.72. The maximum atomic E-state index is 4.65. The molecule has 1 atom stereocenters. The largest absolute Gasteiger partial charge is 0.312 e. The number of benzene rings is 1. The fourth-order valence-electron chi connectivity index (χ4n) is 1.61. The molecule has 0 aliphatic carbocycles. The number of nitrogens with zero attached hydrogens (tertiary/aromatic N) is 1. The molecule has 1 heterocycles. The Morgan fingerprint density at radius 3 is 2.44 bits per heavy atom. The Labute approximate surface area is 96.4 Å². The predicted octanol–water partition coefficient (Wildman–Crippen LogP) is 3.03. The Balaban J connectivity index is 2.36. The quantitative estimate of drug-likeness (QED) is 0.846. The van der Waals surface area contributed by atoms with Gasteiger partial charge in [-0.05, 0) is 26.1 Å². The minimum Gasteiger partial charge on any atom is -0.312 e. The molecule has 0 spiro atoms. The monoisotopic (exact) mass is 212 g/mol. The van der Waals surface area contributed by atoms with Gasteiger partial charge in [-0.25, -0.2) is 0 Å². The zero-order valence-corrected chi connectivity index (χ0v) is 9.64. The van der Waals surface area contributed by atoms with Crippen LogP contribution in [0.5, 0.6) is 0 Å². The highest BCUT2D eigenvalue weighted by atomic mass is 14.9. The molecular formula is C14H16N2. The van der Waals surface area contributed by atoms with E-state index in [1.165, 1.54) is 0 Å². The highest BCUT2D eigenvalue weighted by Gasteiger charge is 2.05. The molecule has 1 aromatic heterocycles. The summed E-state index contributed by atoms with van der Waals surface area (Å²) in [6, 6.07) is 16.7. The molecule has 0 saturated carbocycles. The molecule has 2 aromatic rings. The Morgan fingerprint density at radius 1 is 1.00 bits per heavy atom.